The Morgan fingerprint density at radius 1 is 1.00 bits per heavy atom. The predicted octanol–water partition coefficient (Wildman–Crippen LogP) is 4.36. The number of H-pyrrole nitrogens is 1. The van der Waals surface area contributed by atoms with E-state index in [4.69, 9.17) is 4.74 Å². The van der Waals surface area contributed by atoms with Gasteiger partial charge in [0.15, 0.2) is 0 Å². The molecule has 1 heterocycles. The van der Waals surface area contributed by atoms with Gasteiger partial charge in [0.25, 0.3) is 0 Å². The Labute approximate surface area is 113 Å². The van der Waals surface area contributed by atoms with Crippen LogP contribution in [0.1, 0.15) is 16.8 Å². The van der Waals surface area contributed by atoms with Gasteiger partial charge >= 0.3 is 0 Å². The van der Waals surface area contributed by atoms with Gasteiger partial charge in [0.1, 0.15) is 12.4 Å². The van der Waals surface area contributed by atoms with Crippen molar-refractivity contribution in [1.82, 2.24) is 4.98 Å². The van der Waals surface area contributed by atoms with E-state index in [2.05, 4.69) is 49.2 Å². The SMILES string of the molecule is Cc1cccc(OCc2cc3cccc(C)c3[nH]2)c1. The number of hydrogen-bond acceptors (Lipinski definition) is 1. The van der Waals surface area contributed by atoms with E-state index in [1.54, 1.807) is 0 Å². The monoisotopic (exact) mass is 251 g/mol. The van der Waals surface area contributed by atoms with Crippen molar-refractivity contribution < 1.29 is 4.74 Å². The molecule has 3 aromatic rings. The van der Waals surface area contributed by atoms with Crippen LogP contribution in [0.4, 0.5) is 0 Å². The molecule has 0 bridgehead atoms. The summed E-state index contributed by atoms with van der Waals surface area (Å²) in [6.45, 7) is 4.75. The van der Waals surface area contributed by atoms with E-state index in [1.165, 1.54) is 22.0 Å². The third-order valence-electron chi connectivity index (χ3n) is 3.30. The molecule has 0 aliphatic heterocycles. The first-order valence-corrected chi connectivity index (χ1v) is 6.49. The lowest BCUT2D eigenvalue weighted by Gasteiger charge is -2.05. The van der Waals surface area contributed by atoms with Crippen LogP contribution in [-0.4, -0.2) is 4.98 Å². The van der Waals surface area contributed by atoms with Crippen molar-refractivity contribution in [3.63, 3.8) is 0 Å². The van der Waals surface area contributed by atoms with E-state index >= 15 is 0 Å². The van der Waals surface area contributed by atoms with Crippen LogP contribution in [-0.2, 0) is 6.61 Å². The quantitative estimate of drug-likeness (QED) is 0.735. The highest BCUT2D eigenvalue weighted by Gasteiger charge is 2.03. The zero-order valence-corrected chi connectivity index (χ0v) is 11.2. The zero-order valence-electron chi connectivity index (χ0n) is 11.2. The van der Waals surface area contributed by atoms with E-state index in [0.717, 1.165) is 11.4 Å². The van der Waals surface area contributed by atoms with Crippen molar-refractivity contribution in [2.75, 3.05) is 0 Å². The van der Waals surface area contributed by atoms with Gasteiger partial charge < -0.3 is 9.72 Å². The molecule has 96 valence electrons. The average molecular weight is 251 g/mol. The summed E-state index contributed by atoms with van der Waals surface area (Å²) in [5, 5.41) is 1.24. The first-order valence-electron chi connectivity index (χ1n) is 6.49. The first-order chi connectivity index (χ1) is 9.22. The summed E-state index contributed by atoms with van der Waals surface area (Å²) in [7, 11) is 0. The highest BCUT2D eigenvalue weighted by molar-refractivity contribution is 5.83. The molecular formula is C17H17NO. The summed E-state index contributed by atoms with van der Waals surface area (Å²) in [5.41, 5.74) is 4.78. The molecule has 0 atom stereocenters. The zero-order chi connectivity index (χ0) is 13.2. The van der Waals surface area contributed by atoms with Crippen molar-refractivity contribution in [2.24, 2.45) is 0 Å². The van der Waals surface area contributed by atoms with Gasteiger partial charge in [-0.25, -0.2) is 0 Å². The van der Waals surface area contributed by atoms with Gasteiger partial charge in [-0.05, 0) is 43.2 Å². The van der Waals surface area contributed by atoms with E-state index < -0.39 is 0 Å². The summed E-state index contributed by atoms with van der Waals surface area (Å²) >= 11 is 0. The van der Waals surface area contributed by atoms with Crippen LogP contribution in [0.25, 0.3) is 10.9 Å². The molecule has 0 aliphatic carbocycles. The van der Waals surface area contributed by atoms with E-state index in [-0.39, 0.29) is 0 Å². The van der Waals surface area contributed by atoms with E-state index in [9.17, 15) is 0 Å². The number of aryl methyl sites for hydroxylation is 2. The molecule has 0 amide bonds. The Kier molecular flexibility index (Phi) is 3.00. The van der Waals surface area contributed by atoms with Crippen LogP contribution >= 0.6 is 0 Å². The number of fused-ring (bicyclic) bond motifs is 1. The minimum absolute atomic E-state index is 0.567. The molecule has 2 aromatic carbocycles. The summed E-state index contributed by atoms with van der Waals surface area (Å²) in [6, 6.07) is 16.6. The normalized spacial score (nSPS) is 10.8. The minimum Gasteiger partial charge on any atom is -0.487 e. The van der Waals surface area contributed by atoms with Crippen LogP contribution in [0.2, 0.25) is 0 Å². The van der Waals surface area contributed by atoms with Crippen LogP contribution in [0.15, 0.2) is 48.5 Å². The largest absolute Gasteiger partial charge is 0.487 e. The molecule has 1 N–H and O–H groups in total. The molecule has 0 unspecified atom stereocenters. The van der Waals surface area contributed by atoms with Crippen LogP contribution in [0.5, 0.6) is 5.75 Å². The first kappa shape index (κ1) is 11.8. The lowest BCUT2D eigenvalue weighted by Crippen LogP contribution is -1.95. The van der Waals surface area contributed by atoms with Gasteiger partial charge in [-0.1, -0.05) is 30.3 Å². The Hall–Kier alpha value is -2.22. The van der Waals surface area contributed by atoms with Gasteiger partial charge in [0, 0.05) is 10.9 Å². The molecule has 0 saturated carbocycles. The van der Waals surface area contributed by atoms with Crippen LogP contribution < -0.4 is 4.74 Å². The molecule has 0 spiro atoms. The highest BCUT2D eigenvalue weighted by Crippen LogP contribution is 2.20. The number of benzene rings is 2. The maximum Gasteiger partial charge on any atom is 0.128 e. The molecule has 19 heavy (non-hydrogen) atoms. The molecule has 0 saturated heterocycles. The van der Waals surface area contributed by atoms with E-state index in [1.807, 2.05) is 18.2 Å². The average Bonchev–Trinajstić information content (AvgIpc) is 2.81. The second-order valence-electron chi connectivity index (χ2n) is 4.94. The Morgan fingerprint density at radius 3 is 2.63 bits per heavy atom. The fraction of sp³-hybridized carbons (Fsp3) is 0.176. The third-order valence-corrected chi connectivity index (χ3v) is 3.30. The number of ether oxygens (including phenoxy) is 1. The Balaban J connectivity index is 1.80. The van der Waals surface area contributed by atoms with Crippen molar-refractivity contribution in [2.45, 2.75) is 20.5 Å². The number of nitrogens with one attached hydrogen (secondary N) is 1. The Morgan fingerprint density at radius 2 is 1.84 bits per heavy atom. The second kappa shape index (κ2) is 4.81. The smallest absolute Gasteiger partial charge is 0.128 e. The number of para-hydroxylation sites is 1. The van der Waals surface area contributed by atoms with Gasteiger partial charge in [0.2, 0.25) is 0 Å². The molecule has 0 aliphatic rings. The molecule has 1 aromatic heterocycles. The van der Waals surface area contributed by atoms with Crippen molar-refractivity contribution in [3.8, 4) is 5.75 Å². The van der Waals surface area contributed by atoms with E-state index in [0.29, 0.717) is 6.61 Å². The number of rotatable bonds is 3. The molecule has 3 rings (SSSR count). The third kappa shape index (κ3) is 2.48. The number of aromatic nitrogens is 1. The molecule has 0 radical (unpaired) electrons. The topological polar surface area (TPSA) is 25.0 Å². The van der Waals surface area contributed by atoms with Crippen molar-refractivity contribution in [1.29, 1.82) is 0 Å². The standard InChI is InChI=1S/C17H17NO/c1-12-5-3-8-16(9-12)19-11-15-10-14-7-4-6-13(2)17(14)18-15/h3-10,18H,11H2,1-2H3. The maximum absolute atomic E-state index is 5.81. The summed E-state index contributed by atoms with van der Waals surface area (Å²) in [6.07, 6.45) is 0. The van der Waals surface area contributed by atoms with Gasteiger partial charge in [-0.3, -0.25) is 0 Å². The van der Waals surface area contributed by atoms with Gasteiger partial charge in [-0.2, -0.15) is 0 Å². The van der Waals surface area contributed by atoms with Crippen molar-refractivity contribution in [3.05, 3.63) is 65.4 Å². The minimum atomic E-state index is 0.567. The fourth-order valence-corrected chi connectivity index (χ4v) is 2.31. The molecule has 2 nitrogen and oxygen atoms in total. The maximum atomic E-state index is 5.81. The highest BCUT2D eigenvalue weighted by atomic mass is 16.5. The lowest BCUT2D eigenvalue weighted by atomic mass is 10.2. The van der Waals surface area contributed by atoms with Crippen LogP contribution in [0, 0.1) is 13.8 Å². The summed E-state index contributed by atoms with van der Waals surface area (Å²) < 4.78 is 5.81. The molecule has 0 fully saturated rings. The van der Waals surface area contributed by atoms with Crippen molar-refractivity contribution >= 4 is 10.9 Å². The second-order valence-corrected chi connectivity index (χ2v) is 4.94. The molecule has 2 heteroatoms. The van der Waals surface area contributed by atoms with Crippen LogP contribution in [0.3, 0.4) is 0 Å². The predicted molar refractivity (Wildman–Crippen MR) is 78.5 cm³/mol. The lowest BCUT2D eigenvalue weighted by molar-refractivity contribution is 0.302. The number of hydrogen-bond donors (Lipinski definition) is 1. The molecular weight excluding hydrogens is 234 g/mol. The van der Waals surface area contributed by atoms with Gasteiger partial charge in [0.05, 0.1) is 5.69 Å². The van der Waals surface area contributed by atoms with Gasteiger partial charge in [-0.15, -0.1) is 0 Å². The summed E-state index contributed by atoms with van der Waals surface area (Å²) in [5.74, 6) is 0.912. The fourth-order valence-electron chi connectivity index (χ4n) is 2.31. The summed E-state index contributed by atoms with van der Waals surface area (Å²) in [4.78, 5) is 3.42. The Bertz CT molecular complexity index is 712. The number of aromatic amines is 1.